The van der Waals surface area contributed by atoms with Crippen LogP contribution in [0.5, 0.6) is 5.75 Å². The number of hydrogen-bond donors (Lipinski definition) is 1. The first kappa shape index (κ1) is 15.9. The molecule has 0 saturated heterocycles. The van der Waals surface area contributed by atoms with Gasteiger partial charge in [0, 0.05) is 18.5 Å². The van der Waals surface area contributed by atoms with Crippen molar-refractivity contribution in [3.05, 3.63) is 66.1 Å². The molecular weight excluding hydrogens is 306 g/mol. The van der Waals surface area contributed by atoms with Gasteiger partial charge in [0.2, 0.25) is 0 Å². The molecule has 7 heteroatoms. The molecule has 2 aromatic heterocycles. The fourth-order valence-electron chi connectivity index (χ4n) is 2.32. The van der Waals surface area contributed by atoms with E-state index >= 15 is 0 Å². The minimum absolute atomic E-state index is 0.108. The van der Waals surface area contributed by atoms with E-state index in [-0.39, 0.29) is 6.10 Å². The molecule has 1 N–H and O–H groups in total. The molecule has 2 heterocycles. The monoisotopic (exact) mass is 325 g/mol. The van der Waals surface area contributed by atoms with Crippen molar-refractivity contribution in [3.8, 4) is 5.75 Å². The first-order chi connectivity index (χ1) is 11.7. The maximum Gasteiger partial charge on any atom is 0.176 e. The van der Waals surface area contributed by atoms with Crippen molar-refractivity contribution in [3.63, 3.8) is 0 Å². The molecule has 0 spiro atoms. The van der Waals surface area contributed by atoms with Gasteiger partial charge in [0.25, 0.3) is 0 Å². The summed E-state index contributed by atoms with van der Waals surface area (Å²) in [7, 11) is 1.52. The van der Waals surface area contributed by atoms with E-state index in [1.807, 2.05) is 23.9 Å². The first-order valence-electron chi connectivity index (χ1n) is 7.59. The quantitative estimate of drug-likeness (QED) is 0.673. The van der Waals surface area contributed by atoms with Crippen LogP contribution in [0.3, 0.4) is 0 Å². The summed E-state index contributed by atoms with van der Waals surface area (Å²) in [4.78, 5) is 4.81. The zero-order valence-corrected chi connectivity index (χ0v) is 13.6. The molecule has 0 aliphatic rings. The normalized spacial score (nSPS) is 11.9. The molecule has 0 saturated carbocycles. The molecule has 0 aliphatic carbocycles. The second-order valence-corrected chi connectivity index (χ2v) is 5.29. The lowest BCUT2D eigenvalue weighted by Crippen LogP contribution is -2.06. The van der Waals surface area contributed by atoms with Crippen molar-refractivity contribution in [1.82, 2.24) is 20.0 Å². The summed E-state index contributed by atoms with van der Waals surface area (Å²) in [6.07, 6.45) is 5.19. The molecule has 0 aliphatic heterocycles. The Hall–Kier alpha value is -2.93. The third kappa shape index (κ3) is 4.08. The molecular formula is C17H19N5O2. The van der Waals surface area contributed by atoms with Gasteiger partial charge in [-0.3, -0.25) is 9.52 Å². The van der Waals surface area contributed by atoms with Gasteiger partial charge in [-0.1, -0.05) is 24.3 Å². The van der Waals surface area contributed by atoms with Crippen molar-refractivity contribution in [2.24, 2.45) is 0 Å². The van der Waals surface area contributed by atoms with E-state index in [0.717, 1.165) is 12.1 Å². The Morgan fingerprint density at radius 2 is 2.08 bits per heavy atom. The summed E-state index contributed by atoms with van der Waals surface area (Å²) >= 11 is 0. The predicted molar refractivity (Wildman–Crippen MR) is 89.5 cm³/mol. The van der Waals surface area contributed by atoms with Crippen LogP contribution in [-0.4, -0.2) is 27.1 Å². The van der Waals surface area contributed by atoms with Crippen molar-refractivity contribution < 1.29 is 9.57 Å². The van der Waals surface area contributed by atoms with E-state index in [9.17, 15) is 0 Å². The second kappa shape index (κ2) is 7.56. The number of anilines is 1. The van der Waals surface area contributed by atoms with Crippen molar-refractivity contribution in [1.29, 1.82) is 0 Å². The fourth-order valence-corrected chi connectivity index (χ4v) is 2.32. The minimum atomic E-state index is -0.108. The van der Waals surface area contributed by atoms with E-state index in [1.54, 1.807) is 18.5 Å². The molecule has 1 aromatic carbocycles. The Morgan fingerprint density at radius 1 is 1.25 bits per heavy atom. The van der Waals surface area contributed by atoms with E-state index < -0.39 is 0 Å². The predicted octanol–water partition coefficient (Wildman–Crippen LogP) is 2.83. The molecule has 3 aromatic rings. The lowest BCUT2D eigenvalue weighted by molar-refractivity contribution is 0.224. The van der Waals surface area contributed by atoms with Gasteiger partial charge in [-0.15, -0.1) is 5.10 Å². The number of ether oxygens (including phenoxy) is 1. The van der Waals surface area contributed by atoms with Crippen LogP contribution < -0.4 is 10.2 Å². The first-order valence-corrected chi connectivity index (χ1v) is 7.59. The number of hydrogen-bond acceptors (Lipinski definition) is 6. The number of nitrogens with one attached hydrogen (secondary N) is 1. The van der Waals surface area contributed by atoms with Gasteiger partial charge in [-0.25, -0.2) is 5.48 Å². The zero-order chi connectivity index (χ0) is 16.8. The van der Waals surface area contributed by atoms with Crippen molar-refractivity contribution in [2.75, 3.05) is 12.6 Å². The number of aromatic nitrogens is 4. The van der Waals surface area contributed by atoms with Gasteiger partial charge < -0.3 is 4.74 Å². The van der Waals surface area contributed by atoms with Crippen LogP contribution in [0.4, 0.5) is 5.82 Å². The summed E-state index contributed by atoms with van der Waals surface area (Å²) in [5, 5.41) is 12.0. The van der Waals surface area contributed by atoms with Gasteiger partial charge >= 0.3 is 0 Å². The standard InChI is InChI=1S/C17H19N5O2/c1-13(24-16-10-17(21-23-2)20-18-11-16)15-6-4-14(5-7-15)12-22-9-3-8-19-22/h3-11,13H,12H2,1-2H3,(H,20,21). The van der Waals surface area contributed by atoms with Gasteiger partial charge in [0.15, 0.2) is 5.82 Å². The fraction of sp³-hybridized carbons (Fsp3) is 0.235. The molecule has 124 valence electrons. The van der Waals surface area contributed by atoms with Gasteiger partial charge in [0.1, 0.15) is 11.9 Å². The van der Waals surface area contributed by atoms with Crippen LogP contribution in [0.1, 0.15) is 24.2 Å². The minimum Gasteiger partial charge on any atom is -0.484 e. The van der Waals surface area contributed by atoms with Crippen LogP contribution in [0.25, 0.3) is 0 Å². The summed E-state index contributed by atoms with van der Waals surface area (Å²) in [5.74, 6) is 1.12. The van der Waals surface area contributed by atoms with Crippen LogP contribution in [0.15, 0.2) is 55.0 Å². The average molecular weight is 325 g/mol. The highest BCUT2D eigenvalue weighted by Crippen LogP contribution is 2.22. The maximum absolute atomic E-state index is 5.92. The van der Waals surface area contributed by atoms with Gasteiger partial charge in [-0.05, 0) is 24.1 Å². The summed E-state index contributed by atoms with van der Waals surface area (Å²) < 4.78 is 7.81. The number of nitrogens with zero attached hydrogens (tertiary/aromatic N) is 4. The summed E-state index contributed by atoms with van der Waals surface area (Å²) in [6.45, 7) is 2.75. The third-order valence-electron chi connectivity index (χ3n) is 3.50. The zero-order valence-electron chi connectivity index (χ0n) is 13.6. The Morgan fingerprint density at radius 3 is 2.79 bits per heavy atom. The molecule has 3 rings (SSSR count). The number of benzene rings is 1. The Labute approximate surface area is 140 Å². The average Bonchev–Trinajstić information content (AvgIpc) is 3.09. The topological polar surface area (TPSA) is 74.1 Å². The lowest BCUT2D eigenvalue weighted by Gasteiger charge is -2.15. The highest BCUT2D eigenvalue weighted by molar-refractivity contribution is 5.37. The molecule has 0 amide bonds. The Kier molecular flexibility index (Phi) is 5.02. The lowest BCUT2D eigenvalue weighted by atomic mass is 10.1. The van der Waals surface area contributed by atoms with Crippen LogP contribution in [0, 0.1) is 0 Å². The van der Waals surface area contributed by atoms with E-state index in [0.29, 0.717) is 11.6 Å². The van der Waals surface area contributed by atoms with E-state index in [4.69, 9.17) is 9.57 Å². The van der Waals surface area contributed by atoms with Gasteiger partial charge in [-0.2, -0.15) is 10.2 Å². The molecule has 0 bridgehead atoms. The summed E-state index contributed by atoms with van der Waals surface area (Å²) in [6, 6.07) is 11.9. The number of rotatable bonds is 7. The Bertz CT molecular complexity index is 759. The van der Waals surface area contributed by atoms with Crippen molar-refractivity contribution >= 4 is 5.82 Å². The molecule has 1 atom stereocenters. The molecule has 24 heavy (non-hydrogen) atoms. The maximum atomic E-state index is 5.92. The molecule has 7 nitrogen and oxygen atoms in total. The van der Waals surface area contributed by atoms with Crippen LogP contribution in [0.2, 0.25) is 0 Å². The highest BCUT2D eigenvalue weighted by Gasteiger charge is 2.09. The van der Waals surface area contributed by atoms with E-state index in [1.165, 1.54) is 12.7 Å². The molecule has 1 unspecified atom stereocenters. The molecule has 0 radical (unpaired) electrons. The Balaban J connectivity index is 1.64. The highest BCUT2D eigenvalue weighted by atomic mass is 16.6. The smallest absolute Gasteiger partial charge is 0.176 e. The summed E-state index contributed by atoms with van der Waals surface area (Å²) in [5.41, 5.74) is 4.90. The van der Waals surface area contributed by atoms with Crippen molar-refractivity contribution in [2.45, 2.75) is 19.6 Å². The van der Waals surface area contributed by atoms with Crippen LogP contribution in [-0.2, 0) is 11.4 Å². The SMILES string of the molecule is CONc1cc(OC(C)c2ccc(Cn3cccn3)cc2)cnn1. The van der Waals surface area contributed by atoms with Crippen LogP contribution >= 0.6 is 0 Å². The largest absolute Gasteiger partial charge is 0.484 e. The van der Waals surface area contributed by atoms with E-state index in [2.05, 4.69) is 45.0 Å². The third-order valence-corrected chi connectivity index (χ3v) is 3.50. The second-order valence-electron chi connectivity index (χ2n) is 5.29. The van der Waals surface area contributed by atoms with Gasteiger partial charge in [0.05, 0.1) is 19.9 Å². The molecule has 0 fully saturated rings.